The summed E-state index contributed by atoms with van der Waals surface area (Å²) in [4.78, 5) is 21.1. The number of rotatable bonds is 4. The monoisotopic (exact) mass is 342 g/mol. The molecule has 2 heterocycles. The zero-order valence-electron chi connectivity index (χ0n) is 14.7. The molecule has 1 aromatic carbocycles. The van der Waals surface area contributed by atoms with Crippen LogP contribution in [-0.2, 0) is 6.54 Å². The van der Waals surface area contributed by atoms with Crippen LogP contribution in [0.1, 0.15) is 32.7 Å². The molecule has 0 spiro atoms. The Labute approximate surface area is 152 Å². The summed E-state index contributed by atoms with van der Waals surface area (Å²) >= 11 is 0. The Balaban J connectivity index is 1.83. The van der Waals surface area contributed by atoms with Gasteiger partial charge in [-0.2, -0.15) is 5.26 Å². The molecule has 0 aliphatic rings. The molecule has 0 saturated carbocycles. The largest absolute Gasteiger partial charge is 0.348 e. The average Bonchev–Trinajstić information content (AvgIpc) is 2.67. The molecule has 1 N–H and O–H groups in total. The van der Waals surface area contributed by atoms with Crippen molar-refractivity contribution < 1.29 is 4.79 Å². The minimum atomic E-state index is -0.240. The van der Waals surface area contributed by atoms with E-state index < -0.39 is 0 Å². The van der Waals surface area contributed by atoms with Gasteiger partial charge in [-0.05, 0) is 55.3 Å². The lowest BCUT2D eigenvalue weighted by molar-refractivity contribution is 0.0951. The highest BCUT2D eigenvalue weighted by Gasteiger charge is 2.11. The maximum absolute atomic E-state index is 12.5. The molecule has 5 nitrogen and oxygen atoms in total. The SMILES string of the molecule is Cc1ccc(-c2cc(C#N)cc(C(=O)NCc3ccc(C)nc3)c2)nc1. The van der Waals surface area contributed by atoms with E-state index in [2.05, 4.69) is 21.4 Å². The molecule has 5 heteroatoms. The molecule has 0 atom stereocenters. The number of benzene rings is 1. The number of carbonyl (C=O) groups is 1. The van der Waals surface area contributed by atoms with Crippen molar-refractivity contribution in [3.8, 4) is 17.3 Å². The standard InChI is InChI=1S/C21H18N4O/c1-14-3-6-20(24-11-14)18-7-17(10-22)8-19(9-18)21(26)25-13-16-5-4-15(2)23-12-16/h3-9,11-12H,13H2,1-2H3,(H,25,26). The maximum atomic E-state index is 12.5. The summed E-state index contributed by atoms with van der Waals surface area (Å²) in [6.45, 7) is 4.25. The van der Waals surface area contributed by atoms with E-state index in [9.17, 15) is 10.1 Å². The molecular formula is C21H18N4O. The number of hydrogen-bond donors (Lipinski definition) is 1. The molecule has 26 heavy (non-hydrogen) atoms. The van der Waals surface area contributed by atoms with Crippen molar-refractivity contribution in [2.24, 2.45) is 0 Å². The Morgan fingerprint density at radius 2 is 1.92 bits per heavy atom. The smallest absolute Gasteiger partial charge is 0.251 e. The van der Waals surface area contributed by atoms with Crippen molar-refractivity contribution in [2.75, 3.05) is 0 Å². The van der Waals surface area contributed by atoms with E-state index in [-0.39, 0.29) is 5.91 Å². The lowest BCUT2D eigenvalue weighted by atomic mass is 10.0. The van der Waals surface area contributed by atoms with Crippen LogP contribution in [0.4, 0.5) is 0 Å². The van der Waals surface area contributed by atoms with Gasteiger partial charge in [0.1, 0.15) is 0 Å². The predicted molar refractivity (Wildman–Crippen MR) is 99.3 cm³/mol. The highest BCUT2D eigenvalue weighted by molar-refractivity contribution is 5.95. The summed E-state index contributed by atoms with van der Waals surface area (Å²) in [5.74, 6) is -0.240. The number of hydrogen-bond acceptors (Lipinski definition) is 4. The molecule has 3 rings (SSSR count). The predicted octanol–water partition coefficient (Wildman–Crippen LogP) is 3.56. The van der Waals surface area contributed by atoms with Crippen molar-refractivity contribution in [1.82, 2.24) is 15.3 Å². The first kappa shape index (κ1) is 17.3. The average molecular weight is 342 g/mol. The van der Waals surface area contributed by atoms with E-state index >= 15 is 0 Å². The Hall–Kier alpha value is -3.52. The van der Waals surface area contributed by atoms with E-state index in [4.69, 9.17) is 0 Å². The summed E-state index contributed by atoms with van der Waals surface area (Å²) < 4.78 is 0. The molecule has 3 aromatic rings. The first-order valence-corrected chi connectivity index (χ1v) is 8.23. The Bertz CT molecular complexity index is 970. The first-order valence-electron chi connectivity index (χ1n) is 8.23. The number of pyridine rings is 2. The van der Waals surface area contributed by atoms with E-state index in [0.717, 1.165) is 28.1 Å². The van der Waals surface area contributed by atoms with Gasteiger partial charge < -0.3 is 5.32 Å². The van der Waals surface area contributed by atoms with Crippen LogP contribution in [0.25, 0.3) is 11.3 Å². The molecule has 0 bridgehead atoms. The third-order valence-electron chi connectivity index (χ3n) is 3.96. The van der Waals surface area contributed by atoms with Gasteiger partial charge in [-0.1, -0.05) is 12.1 Å². The van der Waals surface area contributed by atoms with E-state index in [1.54, 1.807) is 30.6 Å². The summed E-state index contributed by atoms with van der Waals surface area (Å²) in [7, 11) is 0. The van der Waals surface area contributed by atoms with Crippen LogP contribution >= 0.6 is 0 Å². The molecule has 0 saturated heterocycles. The lowest BCUT2D eigenvalue weighted by Gasteiger charge is -2.08. The van der Waals surface area contributed by atoms with Crippen LogP contribution in [0.5, 0.6) is 0 Å². The van der Waals surface area contributed by atoms with Gasteiger partial charge in [0, 0.05) is 35.8 Å². The fourth-order valence-corrected chi connectivity index (χ4v) is 2.50. The normalized spacial score (nSPS) is 10.2. The van der Waals surface area contributed by atoms with Crippen LogP contribution in [0, 0.1) is 25.2 Å². The van der Waals surface area contributed by atoms with Gasteiger partial charge in [-0.25, -0.2) is 0 Å². The Kier molecular flexibility index (Phi) is 5.04. The quantitative estimate of drug-likeness (QED) is 0.786. The summed E-state index contributed by atoms with van der Waals surface area (Å²) in [6.07, 6.45) is 3.50. The molecule has 0 fully saturated rings. The molecule has 0 unspecified atom stereocenters. The highest BCUT2D eigenvalue weighted by Crippen LogP contribution is 2.21. The van der Waals surface area contributed by atoms with Crippen molar-refractivity contribution in [3.05, 3.63) is 82.8 Å². The van der Waals surface area contributed by atoms with Gasteiger partial charge in [-0.3, -0.25) is 14.8 Å². The second-order valence-corrected chi connectivity index (χ2v) is 6.12. The third-order valence-corrected chi connectivity index (χ3v) is 3.96. The maximum Gasteiger partial charge on any atom is 0.251 e. The van der Waals surface area contributed by atoms with Gasteiger partial charge >= 0.3 is 0 Å². The minimum Gasteiger partial charge on any atom is -0.348 e. The van der Waals surface area contributed by atoms with Crippen molar-refractivity contribution in [3.63, 3.8) is 0 Å². The topological polar surface area (TPSA) is 78.7 Å². The van der Waals surface area contributed by atoms with Crippen molar-refractivity contribution in [1.29, 1.82) is 5.26 Å². The number of nitrogens with one attached hydrogen (secondary N) is 1. The molecular weight excluding hydrogens is 324 g/mol. The fourth-order valence-electron chi connectivity index (χ4n) is 2.50. The number of carbonyl (C=O) groups excluding carboxylic acids is 1. The van der Waals surface area contributed by atoms with Gasteiger partial charge in [0.05, 0.1) is 17.3 Å². The Morgan fingerprint density at radius 1 is 1.08 bits per heavy atom. The van der Waals surface area contributed by atoms with Gasteiger partial charge in [0.2, 0.25) is 0 Å². The Morgan fingerprint density at radius 3 is 2.58 bits per heavy atom. The van der Waals surface area contributed by atoms with Gasteiger partial charge in [-0.15, -0.1) is 0 Å². The van der Waals surface area contributed by atoms with Gasteiger partial charge in [0.15, 0.2) is 0 Å². The lowest BCUT2D eigenvalue weighted by Crippen LogP contribution is -2.23. The number of amides is 1. The van der Waals surface area contributed by atoms with Crippen molar-refractivity contribution >= 4 is 5.91 Å². The molecule has 128 valence electrons. The van der Waals surface area contributed by atoms with Crippen LogP contribution in [-0.4, -0.2) is 15.9 Å². The second kappa shape index (κ2) is 7.58. The molecule has 2 aromatic heterocycles. The minimum absolute atomic E-state index is 0.240. The van der Waals surface area contributed by atoms with Crippen LogP contribution in [0.3, 0.4) is 0 Å². The van der Waals surface area contributed by atoms with Gasteiger partial charge in [0.25, 0.3) is 5.91 Å². The number of aryl methyl sites for hydroxylation is 2. The molecule has 0 aliphatic heterocycles. The third kappa shape index (κ3) is 4.11. The fraction of sp³-hybridized carbons (Fsp3) is 0.143. The van der Waals surface area contributed by atoms with E-state index in [0.29, 0.717) is 17.7 Å². The zero-order valence-corrected chi connectivity index (χ0v) is 14.7. The van der Waals surface area contributed by atoms with E-state index in [1.165, 1.54) is 0 Å². The van der Waals surface area contributed by atoms with Crippen LogP contribution in [0.2, 0.25) is 0 Å². The van der Waals surface area contributed by atoms with Crippen LogP contribution in [0.15, 0.2) is 54.9 Å². The second-order valence-electron chi connectivity index (χ2n) is 6.12. The number of nitriles is 1. The number of nitrogens with zero attached hydrogens (tertiary/aromatic N) is 3. The molecule has 1 amide bonds. The molecule has 0 aliphatic carbocycles. The zero-order chi connectivity index (χ0) is 18.5. The van der Waals surface area contributed by atoms with Crippen LogP contribution < -0.4 is 5.32 Å². The first-order chi connectivity index (χ1) is 12.5. The van der Waals surface area contributed by atoms with E-state index in [1.807, 2.05) is 38.1 Å². The summed E-state index contributed by atoms with van der Waals surface area (Å²) in [5.41, 5.74) is 5.22. The van der Waals surface area contributed by atoms with Crippen molar-refractivity contribution in [2.45, 2.75) is 20.4 Å². The summed E-state index contributed by atoms with van der Waals surface area (Å²) in [6, 6.07) is 14.8. The number of aromatic nitrogens is 2. The molecule has 0 radical (unpaired) electrons. The highest BCUT2D eigenvalue weighted by atomic mass is 16.1. The summed E-state index contributed by atoms with van der Waals surface area (Å²) in [5, 5.41) is 12.1.